The minimum Gasteiger partial charge on any atom is -0.339 e. The fraction of sp³-hybridized carbons (Fsp3) is 0.423. The number of carbonyl (C=O) groups is 2. The molecule has 1 fully saturated rings. The standard InChI is InChI=1S/C26H31N7O2/c1-16(2)33-15-21-23(25(33)35)28-26(32-12-10-31(11-13-32)18(4)34)29-24(21)30(5)22-14-19-8-6-7-9-20(19)17(3)27-22/h6-9,14,16H,10-13,15H2,1-5H3. The number of benzene rings is 1. The van der Waals surface area contributed by atoms with Crippen LogP contribution >= 0.6 is 0 Å². The topological polar surface area (TPSA) is 85.8 Å². The van der Waals surface area contributed by atoms with Crippen molar-refractivity contribution in [3.8, 4) is 0 Å². The molecular formula is C26H31N7O2. The van der Waals surface area contributed by atoms with Gasteiger partial charge in [-0.05, 0) is 32.2 Å². The fourth-order valence-electron chi connectivity index (χ4n) is 4.85. The number of piperazine rings is 1. The van der Waals surface area contributed by atoms with Crippen molar-refractivity contribution in [2.45, 2.75) is 40.3 Å². The number of anilines is 3. The summed E-state index contributed by atoms with van der Waals surface area (Å²) in [5, 5.41) is 2.22. The summed E-state index contributed by atoms with van der Waals surface area (Å²) in [7, 11) is 1.94. The fourth-order valence-corrected chi connectivity index (χ4v) is 4.85. The average molecular weight is 474 g/mol. The van der Waals surface area contributed by atoms with Crippen molar-refractivity contribution in [2.75, 3.05) is 43.0 Å². The van der Waals surface area contributed by atoms with Gasteiger partial charge in [0.2, 0.25) is 11.9 Å². The molecule has 9 heteroatoms. The molecule has 0 saturated carbocycles. The number of amides is 2. The van der Waals surface area contributed by atoms with E-state index in [2.05, 4.69) is 23.1 Å². The normalized spacial score (nSPS) is 15.8. The number of hydrogen-bond donors (Lipinski definition) is 0. The molecule has 35 heavy (non-hydrogen) atoms. The predicted molar refractivity (Wildman–Crippen MR) is 136 cm³/mol. The second-order valence-electron chi connectivity index (χ2n) is 9.54. The van der Waals surface area contributed by atoms with E-state index in [1.807, 2.05) is 54.7 Å². The van der Waals surface area contributed by atoms with Gasteiger partial charge in [0.05, 0.1) is 6.54 Å². The van der Waals surface area contributed by atoms with Crippen molar-refractivity contribution in [2.24, 2.45) is 0 Å². The van der Waals surface area contributed by atoms with Gasteiger partial charge in [-0.1, -0.05) is 24.3 Å². The number of aromatic nitrogens is 3. The summed E-state index contributed by atoms with van der Waals surface area (Å²) < 4.78 is 0. The van der Waals surface area contributed by atoms with Crippen LogP contribution in [0, 0.1) is 6.92 Å². The van der Waals surface area contributed by atoms with Crippen molar-refractivity contribution in [1.29, 1.82) is 0 Å². The number of fused-ring (bicyclic) bond motifs is 2. The molecule has 0 radical (unpaired) electrons. The molecule has 0 spiro atoms. The Bertz CT molecular complexity index is 1310. The Hall–Kier alpha value is -3.75. The van der Waals surface area contributed by atoms with Gasteiger partial charge in [-0.3, -0.25) is 9.59 Å². The van der Waals surface area contributed by atoms with Crippen LogP contribution in [0.15, 0.2) is 30.3 Å². The largest absolute Gasteiger partial charge is 0.339 e. The molecule has 2 aromatic heterocycles. The lowest BCUT2D eigenvalue weighted by Gasteiger charge is -2.34. The SMILES string of the molecule is CC(=O)N1CCN(c2nc3c(c(N(C)c4cc5ccccc5c(C)n4)n2)CN(C(C)C)C3=O)CC1. The van der Waals surface area contributed by atoms with Crippen LogP contribution in [0.2, 0.25) is 0 Å². The van der Waals surface area contributed by atoms with Crippen LogP contribution in [-0.4, -0.2) is 75.8 Å². The van der Waals surface area contributed by atoms with E-state index < -0.39 is 0 Å². The molecule has 0 bridgehead atoms. The maximum absolute atomic E-state index is 13.3. The zero-order valence-electron chi connectivity index (χ0n) is 20.9. The molecule has 0 unspecified atom stereocenters. The molecule has 2 amide bonds. The molecule has 9 nitrogen and oxygen atoms in total. The summed E-state index contributed by atoms with van der Waals surface area (Å²) in [4.78, 5) is 47.3. The van der Waals surface area contributed by atoms with Crippen LogP contribution in [0.25, 0.3) is 10.8 Å². The van der Waals surface area contributed by atoms with Crippen molar-refractivity contribution < 1.29 is 9.59 Å². The number of carbonyl (C=O) groups excluding carboxylic acids is 2. The summed E-state index contributed by atoms with van der Waals surface area (Å²) in [6.07, 6.45) is 0. The lowest BCUT2D eigenvalue weighted by atomic mass is 10.1. The van der Waals surface area contributed by atoms with E-state index >= 15 is 0 Å². The lowest BCUT2D eigenvalue weighted by molar-refractivity contribution is -0.129. The van der Waals surface area contributed by atoms with Gasteiger partial charge in [0.25, 0.3) is 5.91 Å². The number of aryl methyl sites for hydroxylation is 1. The van der Waals surface area contributed by atoms with Crippen molar-refractivity contribution in [3.05, 3.63) is 47.3 Å². The number of hydrogen-bond acceptors (Lipinski definition) is 7. The van der Waals surface area contributed by atoms with Gasteiger partial charge in [-0.25, -0.2) is 9.97 Å². The Labute approximate surface area is 205 Å². The molecule has 3 aromatic rings. The average Bonchev–Trinajstić information content (AvgIpc) is 3.19. The lowest BCUT2D eigenvalue weighted by Crippen LogP contribution is -2.48. The number of rotatable bonds is 4. The molecule has 5 rings (SSSR count). The summed E-state index contributed by atoms with van der Waals surface area (Å²) in [5.74, 6) is 1.98. The zero-order chi connectivity index (χ0) is 24.9. The second-order valence-corrected chi connectivity index (χ2v) is 9.54. The molecule has 4 heterocycles. The van der Waals surface area contributed by atoms with Gasteiger partial charge in [-0.2, -0.15) is 4.98 Å². The third-order valence-electron chi connectivity index (χ3n) is 6.98. The van der Waals surface area contributed by atoms with Crippen LogP contribution in [-0.2, 0) is 11.3 Å². The molecule has 2 aliphatic heterocycles. The molecule has 0 atom stereocenters. The zero-order valence-corrected chi connectivity index (χ0v) is 20.9. The summed E-state index contributed by atoms with van der Waals surface area (Å²) in [5.41, 5.74) is 2.22. The van der Waals surface area contributed by atoms with E-state index in [0.717, 1.165) is 27.8 Å². The first-order valence-electron chi connectivity index (χ1n) is 12.1. The van der Waals surface area contributed by atoms with E-state index in [0.29, 0.717) is 50.2 Å². The van der Waals surface area contributed by atoms with Crippen LogP contribution < -0.4 is 9.80 Å². The first-order valence-corrected chi connectivity index (χ1v) is 12.1. The van der Waals surface area contributed by atoms with E-state index in [-0.39, 0.29) is 17.9 Å². The Kier molecular flexibility index (Phi) is 5.78. The first kappa shape index (κ1) is 23.0. The number of nitrogens with zero attached hydrogens (tertiary/aromatic N) is 7. The number of pyridine rings is 1. The van der Waals surface area contributed by atoms with Crippen LogP contribution in [0.4, 0.5) is 17.6 Å². The highest BCUT2D eigenvalue weighted by molar-refractivity contribution is 5.99. The van der Waals surface area contributed by atoms with Crippen LogP contribution in [0.5, 0.6) is 0 Å². The van der Waals surface area contributed by atoms with Crippen molar-refractivity contribution in [3.63, 3.8) is 0 Å². The summed E-state index contributed by atoms with van der Waals surface area (Å²) >= 11 is 0. The van der Waals surface area contributed by atoms with E-state index in [1.54, 1.807) is 6.92 Å². The Morgan fingerprint density at radius 2 is 1.77 bits per heavy atom. The summed E-state index contributed by atoms with van der Waals surface area (Å²) in [6.45, 7) is 10.6. The van der Waals surface area contributed by atoms with E-state index in [1.165, 1.54) is 0 Å². The minimum absolute atomic E-state index is 0.0541. The van der Waals surface area contributed by atoms with Gasteiger partial charge in [0.15, 0.2) is 0 Å². The van der Waals surface area contributed by atoms with Gasteiger partial charge < -0.3 is 19.6 Å². The summed E-state index contributed by atoms with van der Waals surface area (Å²) in [6, 6.07) is 10.3. The molecule has 1 saturated heterocycles. The highest BCUT2D eigenvalue weighted by atomic mass is 16.2. The molecule has 0 aliphatic carbocycles. The molecule has 182 valence electrons. The van der Waals surface area contributed by atoms with Gasteiger partial charge >= 0.3 is 0 Å². The van der Waals surface area contributed by atoms with Gasteiger partial charge in [0.1, 0.15) is 17.3 Å². The molecule has 0 N–H and O–H groups in total. The monoisotopic (exact) mass is 473 g/mol. The third kappa shape index (κ3) is 4.05. The highest BCUT2D eigenvalue weighted by Crippen LogP contribution is 2.35. The second kappa shape index (κ2) is 8.79. The van der Waals surface area contributed by atoms with E-state index in [4.69, 9.17) is 15.0 Å². The van der Waals surface area contributed by atoms with Crippen molar-refractivity contribution >= 4 is 40.2 Å². The van der Waals surface area contributed by atoms with Gasteiger partial charge in [0, 0.05) is 62.8 Å². The predicted octanol–water partition coefficient (Wildman–Crippen LogP) is 3.13. The van der Waals surface area contributed by atoms with Crippen LogP contribution in [0.3, 0.4) is 0 Å². The first-order chi connectivity index (χ1) is 16.7. The van der Waals surface area contributed by atoms with Gasteiger partial charge in [-0.15, -0.1) is 0 Å². The third-order valence-corrected chi connectivity index (χ3v) is 6.98. The highest BCUT2D eigenvalue weighted by Gasteiger charge is 2.36. The van der Waals surface area contributed by atoms with Crippen molar-refractivity contribution in [1.82, 2.24) is 24.8 Å². The Balaban J connectivity index is 1.58. The van der Waals surface area contributed by atoms with E-state index in [9.17, 15) is 9.59 Å². The Morgan fingerprint density at radius 3 is 2.46 bits per heavy atom. The maximum Gasteiger partial charge on any atom is 0.273 e. The molecule has 1 aromatic carbocycles. The maximum atomic E-state index is 13.3. The Morgan fingerprint density at radius 1 is 1.06 bits per heavy atom. The minimum atomic E-state index is -0.0710. The quantitative estimate of drug-likeness (QED) is 0.575. The molecule has 2 aliphatic rings. The molecular weight excluding hydrogens is 442 g/mol. The smallest absolute Gasteiger partial charge is 0.273 e. The van der Waals surface area contributed by atoms with Crippen LogP contribution in [0.1, 0.15) is 42.5 Å².